The van der Waals surface area contributed by atoms with Gasteiger partial charge in [-0.15, -0.1) is 0 Å². The fraction of sp³-hybridized carbons (Fsp3) is 0.812. The standard InChI is InChI=1S/C16H33N2O2/c1-5-7-8-9-10-11-16(20)17(6-2)12-13-18(3,4)14-15-19/h9-10,19H,5-8,11-15H2,1-4H3/q+1/b10-9+. The Morgan fingerprint density at radius 1 is 1.20 bits per heavy atom. The van der Waals surface area contributed by atoms with E-state index in [1.165, 1.54) is 12.8 Å². The van der Waals surface area contributed by atoms with Crippen molar-refractivity contribution in [2.24, 2.45) is 0 Å². The van der Waals surface area contributed by atoms with Crippen molar-refractivity contribution in [1.29, 1.82) is 0 Å². The quantitative estimate of drug-likeness (QED) is 0.358. The first-order chi connectivity index (χ1) is 9.46. The summed E-state index contributed by atoms with van der Waals surface area (Å²) in [4.78, 5) is 14.0. The summed E-state index contributed by atoms with van der Waals surface area (Å²) in [6.45, 7) is 7.48. The van der Waals surface area contributed by atoms with E-state index in [2.05, 4.69) is 27.1 Å². The number of unbranched alkanes of at least 4 members (excludes halogenated alkanes) is 2. The number of aliphatic hydroxyl groups excluding tert-OH is 1. The van der Waals surface area contributed by atoms with E-state index in [9.17, 15) is 4.79 Å². The first-order valence-corrected chi connectivity index (χ1v) is 7.82. The average molecular weight is 285 g/mol. The highest BCUT2D eigenvalue weighted by Crippen LogP contribution is 2.02. The number of hydrogen-bond acceptors (Lipinski definition) is 2. The van der Waals surface area contributed by atoms with Crippen molar-refractivity contribution in [1.82, 2.24) is 4.90 Å². The van der Waals surface area contributed by atoms with E-state index in [1.807, 2.05) is 17.9 Å². The molecule has 20 heavy (non-hydrogen) atoms. The minimum Gasteiger partial charge on any atom is -0.391 e. The Morgan fingerprint density at radius 2 is 1.90 bits per heavy atom. The summed E-state index contributed by atoms with van der Waals surface area (Å²) in [7, 11) is 4.17. The molecule has 0 bridgehead atoms. The lowest BCUT2D eigenvalue weighted by molar-refractivity contribution is -0.890. The molecule has 0 aromatic rings. The molecule has 1 N–H and O–H groups in total. The third-order valence-corrected chi connectivity index (χ3v) is 3.60. The number of hydrogen-bond donors (Lipinski definition) is 1. The minimum absolute atomic E-state index is 0.188. The normalized spacial score (nSPS) is 12.1. The van der Waals surface area contributed by atoms with Gasteiger partial charge in [0.2, 0.25) is 5.91 Å². The van der Waals surface area contributed by atoms with E-state index >= 15 is 0 Å². The molecule has 118 valence electrons. The van der Waals surface area contributed by atoms with Gasteiger partial charge in [0.1, 0.15) is 6.54 Å². The highest BCUT2D eigenvalue weighted by atomic mass is 16.3. The second-order valence-electron chi connectivity index (χ2n) is 5.90. The van der Waals surface area contributed by atoms with E-state index in [1.54, 1.807) is 0 Å². The van der Waals surface area contributed by atoms with Gasteiger partial charge in [-0.25, -0.2) is 0 Å². The van der Waals surface area contributed by atoms with Gasteiger partial charge in [0.15, 0.2) is 0 Å². The van der Waals surface area contributed by atoms with Crippen molar-refractivity contribution in [2.75, 3.05) is 46.9 Å². The SMILES string of the molecule is CCCC/C=C/CC(=O)N(CC)CC[N+](C)(C)CCO. The van der Waals surface area contributed by atoms with Crippen LogP contribution in [0.3, 0.4) is 0 Å². The Balaban J connectivity index is 4.11. The van der Waals surface area contributed by atoms with Gasteiger partial charge < -0.3 is 14.5 Å². The molecule has 4 heteroatoms. The Labute approximate surface area is 124 Å². The monoisotopic (exact) mass is 285 g/mol. The van der Waals surface area contributed by atoms with Gasteiger partial charge in [-0.05, 0) is 13.3 Å². The molecule has 0 atom stereocenters. The van der Waals surface area contributed by atoms with Crippen molar-refractivity contribution in [3.63, 3.8) is 0 Å². The molecule has 0 radical (unpaired) electrons. The van der Waals surface area contributed by atoms with Crippen LogP contribution in [0.25, 0.3) is 0 Å². The zero-order valence-corrected chi connectivity index (χ0v) is 13.8. The van der Waals surface area contributed by atoms with Crippen LogP contribution in [0.1, 0.15) is 39.5 Å². The number of aliphatic hydroxyl groups is 1. The highest BCUT2D eigenvalue weighted by molar-refractivity contribution is 5.77. The molecule has 4 nitrogen and oxygen atoms in total. The molecular formula is C16H33N2O2+. The maximum atomic E-state index is 12.1. The topological polar surface area (TPSA) is 40.5 Å². The molecule has 0 aliphatic rings. The zero-order chi connectivity index (χ0) is 15.4. The van der Waals surface area contributed by atoms with Crippen molar-refractivity contribution in [2.45, 2.75) is 39.5 Å². The number of carbonyl (C=O) groups is 1. The molecule has 0 aliphatic heterocycles. The van der Waals surface area contributed by atoms with Crippen LogP contribution in [0, 0.1) is 0 Å². The molecule has 0 heterocycles. The van der Waals surface area contributed by atoms with E-state index in [4.69, 9.17) is 5.11 Å². The van der Waals surface area contributed by atoms with E-state index < -0.39 is 0 Å². The molecule has 0 fully saturated rings. The number of nitrogens with zero attached hydrogens (tertiary/aromatic N) is 2. The van der Waals surface area contributed by atoms with Crippen LogP contribution in [-0.4, -0.2) is 67.3 Å². The summed E-state index contributed by atoms with van der Waals surface area (Å²) < 4.78 is 0.743. The van der Waals surface area contributed by atoms with Crippen LogP contribution in [0.2, 0.25) is 0 Å². The third kappa shape index (κ3) is 9.10. The molecule has 0 aliphatic carbocycles. The number of amides is 1. The van der Waals surface area contributed by atoms with Crippen molar-refractivity contribution in [3.05, 3.63) is 12.2 Å². The molecule has 0 saturated carbocycles. The third-order valence-electron chi connectivity index (χ3n) is 3.60. The number of quaternary nitrogens is 1. The fourth-order valence-corrected chi connectivity index (χ4v) is 1.99. The molecule has 0 aromatic carbocycles. The average Bonchev–Trinajstić information content (AvgIpc) is 2.39. The van der Waals surface area contributed by atoms with Crippen molar-refractivity contribution in [3.8, 4) is 0 Å². The van der Waals surface area contributed by atoms with Crippen LogP contribution in [0.4, 0.5) is 0 Å². The molecule has 0 unspecified atom stereocenters. The molecule has 0 rings (SSSR count). The van der Waals surface area contributed by atoms with Gasteiger partial charge in [-0.2, -0.15) is 0 Å². The predicted octanol–water partition coefficient (Wildman–Crippen LogP) is 2.04. The molecule has 1 amide bonds. The van der Waals surface area contributed by atoms with Crippen LogP contribution in [-0.2, 0) is 4.79 Å². The van der Waals surface area contributed by atoms with Gasteiger partial charge in [-0.1, -0.05) is 31.9 Å². The summed E-state index contributed by atoms with van der Waals surface area (Å²) in [5, 5.41) is 9.02. The number of allylic oxidation sites excluding steroid dienone is 1. The highest BCUT2D eigenvalue weighted by Gasteiger charge is 2.18. The molecule has 0 aromatic heterocycles. The summed E-state index contributed by atoms with van der Waals surface area (Å²) in [5.74, 6) is 0.198. The summed E-state index contributed by atoms with van der Waals surface area (Å²) in [6.07, 6.45) is 8.06. The van der Waals surface area contributed by atoms with E-state index in [0.29, 0.717) is 6.42 Å². The maximum absolute atomic E-state index is 12.1. The van der Waals surface area contributed by atoms with Gasteiger partial charge in [0.05, 0.1) is 33.8 Å². The van der Waals surface area contributed by atoms with Gasteiger partial charge >= 0.3 is 0 Å². The Morgan fingerprint density at radius 3 is 2.45 bits per heavy atom. The Kier molecular flexibility index (Phi) is 10.4. The molecule has 0 spiro atoms. The summed E-state index contributed by atoms with van der Waals surface area (Å²) in [6, 6.07) is 0. The second-order valence-corrected chi connectivity index (χ2v) is 5.90. The first-order valence-electron chi connectivity index (χ1n) is 7.82. The maximum Gasteiger partial charge on any atom is 0.226 e. The van der Waals surface area contributed by atoms with Crippen LogP contribution >= 0.6 is 0 Å². The lowest BCUT2D eigenvalue weighted by atomic mass is 10.2. The van der Waals surface area contributed by atoms with E-state index in [-0.39, 0.29) is 12.5 Å². The first kappa shape index (κ1) is 19.1. The Hall–Kier alpha value is -0.870. The van der Waals surface area contributed by atoms with Crippen LogP contribution in [0.15, 0.2) is 12.2 Å². The van der Waals surface area contributed by atoms with Crippen LogP contribution < -0.4 is 0 Å². The van der Waals surface area contributed by atoms with Gasteiger partial charge in [0.25, 0.3) is 0 Å². The molecule has 0 saturated heterocycles. The fourth-order valence-electron chi connectivity index (χ4n) is 1.99. The summed E-state index contributed by atoms with van der Waals surface area (Å²) >= 11 is 0. The number of rotatable bonds is 11. The number of likely N-dealkylation sites (N-methyl/N-ethyl adjacent to an activating group) is 2. The smallest absolute Gasteiger partial charge is 0.226 e. The lowest BCUT2D eigenvalue weighted by Crippen LogP contribution is -2.48. The number of carbonyl (C=O) groups excluding carboxylic acids is 1. The van der Waals surface area contributed by atoms with E-state index in [0.717, 1.165) is 37.1 Å². The van der Waals surface area contributed by atoms with Gasteiger partial charge in [0, 0.05) is 13.0 Å². The minimum atomic E-state index is 0.188. The molecular weight excluding hydrogens is 252 g/mol. The van der Waals surface area contributed by atoms with Crippen molar-refractivity contribution >= 4 is 5.91 Å². The second kappa shape index (κ2) is 10.9. The summed E-state index contributed by atoms with van der Waals surface area (Å²) in [5.41, 5.74) is 0. The zero-order valence-electron chi connectivity index (χ0n) is 13.8. The van der Waals surface area contributed by atoms with Crippen molar-refractivity contribution < 1.29 is 14.4 Å². The van der Waals surface area contributed by atoms with Gasteiger partial charge in [-0.3, -0.25) is 4.79 Å². The Bertz CT molecular complexity index is 288. The van der Waals surface area contributed by atoms with Crippen LogP contribution in [0.5, 0.6) is 0 Å². The predicted molar refractivity (Wildman–Crippen MR) is 84.5 cm³/mol. The lowest BCUT2D eigenvalue weighted by Gasteiger charge is -2.31. The largest absolute Gasteiger partial charge is 0.391 e.